The van der Waals surface area contributed by atoms with Crippen LogP contribution in [0.4, 0.5) is 14.5 Å². The van der Waals surface area contributed by atoms with Gasteiger partial charge in [0.15, 0.2) is 33.2 Å². The second-order valence-electron chi connectivity index (χ2n) is 7.92. The molecule has 0 saturated carbocycles. The van der Waals surface area contributed by atoms with Gasteiger partial charge in [0.25, 0.3) is 5.91 Å². The van der Waals surface area contributed by atoms with Gasteiger partial charge in [0.1, 0.15) is 9.77 Å². The highest BCUT2D eigenvalue weighted by atomic mass is 32.3. The summed E-state index contributed by atoms with van der Waals surface area (Å²) in [5, 5.41) is 2.34. The zero-order valence-electron chi connectivity index (χ0n) is 18.4. The molecule has 2 heterocycles. The van der Waals surface area contributed by atoms with Crippen molar-refractivity contribution in [3.05, 3.63) is 47.4 Å². The summed E-state index contributed by atoms with van der Waals surface area (Å²) < 4.78 is 57.8. The van der Waals surface area contributed by atoms with Gasteiger partial charge in [-0.25, -0.2) is 27.2 Å². The maximum absolute atomic E-state index is 14.9. The van der Waals surface area contributed by atoms with Gasteiger partial charge in [-0.15, -0.1) is 6.42 Å². The molecule has 34 heavy (non-hydrogen) atoms. The number of halogens is 2. The van der Waals surface area contributed by atoms with Gasteiger partial charge in [0.05, 0.1) is 17.9 Å². The van der Waals surface area contributed by atoms with Crippen LogP contribution in [0.5, 0.6) is 5.88 Å². The van der Waals surface area contributed by atoms with E-state index in [-0.39, 0.29) is 41.0 Å². The summed E-state index contributed by atoms with van der Waals surface area (Å²) in [5.41, 5.74) is 3.88. The Balaban J connectivity index is 1.94. The van der Waals surface area contributed by atoms with Gasteiger partial charge in [0, 0.05) is 30.0 Å². The van der Waals surface area contributed by atoms with Crippen LogP contribution in [0.1, 0.15) is 36.3 Å². The van der Waals surface area contributed by atoms with E-state index in [0.29, 0.717) is 0 Å². The van der Waals surface area contributed by atoms with Crippen LogP contribution < -0.4 is 15.8 Å². The highest BCUT2D eigenvalue weighted by Crippen LogP contribution is 2.48. The van der Waals surface area contributed by atoms with E-state index in [2.05, 4.69) is 26.2 Å². The lowest BCUT2D eigenvalue weighted by atomic mass is 9.86. The SMILES string of the molecule is C#CCOc1cnc(C(=O)Nc2cc(F)c(F)c([C@]3(C)C[C@](C)(S(C)(=O)=O)SC(N)=N3)c2)cn1. The molecule has 0 unspecified atom stereocenters. The Labute approximate surface area is 199 Å². The molecule has 0 aliphatic carbocycles. The summed E-state index contributed by atoms with van der Waals surface area (Å²) in [7, 11) is -3.66. The second kappa shape index (κ2) is 9.19. The first-order chi connectivity index (χ1) is 15.8. The maximum atomic E-state index is 14.9. The highest BCUT2D eigenvalue weighted by molar-refractivity contribution is 8.23. The lowest BCUT2D eigenvalue weighted by Gasteiger charge is -2.40. The molecule has 2 atom stereocenters. The zero-order valence-corrected chi connectivity index (χ0v) is 20.1. The average molecular weight is 510 g/mol. The Bertz CT molecular complexity index is 1310. The van der Waals surface area contributed by atoms with Gasteiger partial charge in [-0.05, 0) is 19.9 Å². The number of aliphatic imine (C=N–C) groups is 1. The summed E-state index contributed by atoms with van der Waals surface area (Å²) in [6.45, 7) is 2.87. The first kappa shape index (κ1) is 25.4. The summed E-state index contributed by atoms with van der Waals surface area (Å²) in [6, 6.07) is 1.97. The number of benzene rings is 1. The molecule has 1 aliphatic rings. The van der Waals surface area contributed by atoms with Crippen molar-refractivity contribution < 1.29 is 26.7 Å². The zero-order chi connectivity index (χ0) is 25.3. The number of carbonyl (C=O) groups excluding carboxylic acids is 1. The van der Waals surface area contributed by atoms with Gasteiger partial charge in [-0.1, -0.05) is 17.7 Å². The number of anilines is 1. The number of nitrogens with zero attached hydrogens (tertiary/aromatic N) is 3. The molecule has 0 fully saturated rings. The van der Waals surface area contributed by atoms with Crippen molar-refractivity contribution in [2.45, 2.75) is 29.9 Å². The smallest absolute Gasteiger partial charge is 0.275 e. The van der Waals surface area contributed by atoms with Crippen LogP contribution in [0.15, 0.2) is 29.5 Å². The number of hydrogen-bond acceptors (Lipinski definition) is 9. The van der Waals surface area contributed by atoms with Crippen LogP contribution >= 0.6 is 11.8 Å². The molecular weight excluding hydrogens is 488 g/mol. The summed E-state index contributed by atoms with van der Waals surface area (Å²) in [5.74, 6) is -0.866. The number of nitrogens with one attached hydrogen (secondary N) is 1. The minimum absolute atomic E-state index is 0.0273. The van der Waals surface area contributed by atoms with Crippen LogP contribution in [-0.2, 0) is 15.4 Å². The lowest BCUT2D eigenvalue weighted by molar-refractivity contribution is 0.102. The maximum Gasteiger partial charge on any atom is 0.275 e. The summed E-state index contributed by atoms with van der Waals surface area (Å²) >= 11 is 0.838. The molecule has 1 amide bonds. The van der Waals surface area contributed by atoms with Crippen molar-refractivity contribution in [3.63, 3.8) is 0 Å². The molecule has 1 aromatic carbocycles. The van der Waals surface area contributed by atoms with E-state index < -0.39 is 37.0 Å². The molecule has 1 aromatic heterocycles. The molecule has 0 saturated heterocycles. The second-order valence-corrected chi connectivity index (χ2v) is 12.1. The quantitative estimate of drug-likeness (QED) is 0.567. The Kier molecular flexibility index (Phi) is 6.86. The number of carbonyl (C=O) groups is 1. The lowest BCUT2D eigenvalue weighted by Crippen LogP contribution is -2.45. The molecule has 13 heteroatoms. The minimum Gasteiger partial charge on any atom is -0.463 e. The number of sulfone groups is 1. The molecule has 0 bridgehead atoms. The van der Waals surface area contributed by atoms with E-state index in [1.165, 1.54) is 26.1 Å². The number of amides is 1. The number of nitrogens with two attached hydrogens (primary N) is 1. The van der Waals surface area contributed by atoms with Gasteiger partial charge in [-0.3, -0.25) is 9.79 Å². The van der Waals surface area contributed by atoms with Crippen LogP contribution in [0.2, 0.25) is 0 Å². The summed E-state index contributed by atoms with van der Waals surface area (Å²) in [6.07, 6.45) is 8.27. The summed E-state index contributed by atoms with van der Waals surface area (Å²) in [4.78, 5) is 24.6. The van der Waals surface area contributed by atoms with Crippen molar-refractivity contribution in [3.8, 4) is 18.2 Å². The minimum atomic E-state index is -3.66. The number of ether oxygens (including phenoxy) is 1. The molecule has 3 N–H and O–H groups in total. The van der Waals surface area contributed by atoms with E-state index in [9.17, 15) is 22.0 Å². The first-order valence-corrected chi connectivity index (χ1v) is 12.4. The normalized spacial score (nSPS) is 22.4. The van der Waals surface area contributed by atoms with Crippen molar-refractivity contribution in [2.75, 3.05) is 18.2 Å². The van der Waals surface area contributed by atoms with Gasteiger partial charge in [0.2, 0.25) is 5.88 Å². The first-order valence-electron chi connectivity index (χ1n) is 9.71. The molecule has 2 aromatic rings. The third kappa shape index (κ3) is 5.13. The monoisotopic (exact) mass is 509 g/mol. The fraction of sp³-hybridized carbons (Fsp3) is 0.333. The predicted molar refractivity (Wildman–Crippen MR) is 125 cm³/mol. The molecule has 3 rings (SSSR count). The van der Waals surface area contributed by atoms with E-state index >= 15 is 0 Å². The number of thioether (sulfide) groups is 1. The van der Waals surface area contributed by atoms with Gasteiger partial charge in [-0.2, -0.15) is 0 Å². The number of hydrogen-bond donors (Lipinski definition) is 2. The van der Waals surface area contributed by atoms with E-state index in [1.54, 1.807) is 0 Å². The van der Waals surface area contributed by atoms with Crippen molar-refractivity contribution >= 4 is 38.4 Å². The Morgan fingerprint density at radius 1 is 1.32 bits per heavy atom. The van der Waals surface area contributed by atoms with Crippen molar-refractivity contribution in [2.24, 2.45) is 10.7 Å². The van der Waals surface area contributed by atoms with Crippen LogP contribution in [0.25, 0.3) is 0 Å². The van der Waals surface area contributed by atoms with E-state index in [1.807, 2.05) is 0 Å². The topological polar surface area (TPSA) is 137 Å². The molecule has 0 radical (unpaired) electrons. The van der Waals surface area contributed by atoms with Gasteiger partial charge >= 0.3 is 0 Å². The molecule has 180 valence electrons. The standard InChI is InChI=1S/C21H21F2N5O4S2/c1-5-6-32-16-10-25-15(9-26-16)18(29)27-12-7-13(17(23)14(22)8-12)20(2)11-21(3,34(4,30)31)33-19(24)28-20/h1,7-10H,6,11H2,2-4H3,(H2,24,28)(H,27,29)/t20-,21-/m0/s1. The number of aromatic nitrogens is 2. The van der Waals surface area contributed by atoms with Crippen LogP contribution in [0.3, 0.4) is 0 Å². The third-order valence-corrected chi connectivity index (χ3v) is 8.91. The average Bonchev–Trinajstić information content (AvgIpc) is 2.73. The van der Waals surface area contributed by atoms with Gasteiger partial charge < -0.3 is 15.8 Å². The molecule has 9 nitrogen and oxygen atoms in total. The van der Waals surface area contributed by atoms with Crippen molar-refractivity contribution in [1.29, 1.82) is 0 Å². The third-order valence-electron chi connectivity index (χ3n) is 5.16. The molecular formula is C21H21F2N5O4S2. The Hall–Kier alpha value is -3.24. The molecule has 1 aliphatic heterocycles. The highest BCUT2D eigenvalue weighted by Gasteiger charge is 2.49. The van der Waals surface area contributed by atoms with E-state index in [0.717, 1.165) is 30.3 Å². The number of rotatable bonds is 6. The largest absolute Gasteiger partial charge is 0.463 e. The Morgan fingerprint density at radius 3 is 2.62 bits per heavy atom. The molecule has 0 spiro atoms. The van der Waals surface area contributed by atoms with Crippen LogP contribution in [-0.4, -0.2) is 46.4 Å². The fourth-order valence-corrected chi connectivity index (χ4v) is 5.87. The van der Waals surface area contributed by atoms with E-state index in [4.69, 9.17) is 16.9 Å². The van der Waals surface area contributed by atoms with Crippen molar-refractivity contribution in [1.82, 2.24) is 9.97 Å². The Morgan fingerprint density at radius 2 is 2.03 bits per heavy atom. The fourth-order valence-electron chi connectivity index (χ4n) is 3.42. The number of terminal acetylenes is 1. The number of amidine groups is 1. The predicted octanol–water partition coefficient (Wildman–Crippen LogP) is 2.45. The van der Waals surface area contributed by atoms with Crippen LogP contribution in [0, 0.1) is 24.0 Å².